The van der Waals surface area contributed by atoms with Crippen LogP contribution in [0.2, 0.25) is 5.02 Å². The molecule has 154 valence electrons. The van der Waals surface area contributed by atoms with E-state index in [0.29, 0.717) is 23.6 Å². The molecule has 0 bridgehead atoms. The third-order valence-electron chi connectivity index (χ3n) is 5.87. The highest BCUT2D eigenvalue weighted by Gasteiger charge is 2.17. The van der Waals surface area contributed by atoms with Gasteiger partial charge in [0.1, 0.15) is 11.0 Å². The molecule has 0 saturated heterocycles. The number of rotatable bonds is 4. The maximum Gasteiger partial charge on any atom is 0.278 e. The van der Waals surface area contributed by atoms with Crippen LogP contribution in [-0.2, 0) is 13.1 Å². The van der Waals surface area contributed by atoms with Crippen molar-refractivity contribution in [1.29, 1.82) is 0 Å². The number of aryl methyl sites for hydroxylation is 2. The van der Waals surface area contributed by atoms with E-state index < -0.39 is 0 Å². The first-order chi connectivity index (χ1) is 15.0. The van der Waals surface area contributed by atoms with Crippen LogP contribution in [0.5, 0.6) is 0 Å². The van der Waals surface area contributed by atoms with Crippen LogP contribution in [0, 0.1) is 13.8 Å². The van der Waals surface area contributed by atoms with Crippen molar-refractivity contribution >= 4 is 33.5 Å². The second kappa shape index (κ2) is 7.71. The fourth-order valence-electron chi connectivity index (χ4n) is 4.18. The zero-order valence-corrected chi connectivity index (χ0v) is 18.2. The van der Waals surface area contributed by atoms with Crippen LogP contribution >= 0.6 is 11.6 Å². The van der Waals surface area contributed by atoms with Crippen LogP contribution in [0.1, 0.15) is 22.3 Å². The zero-order chi connectivity index (χ0) is 21.5. The SMILES string of the molecule is Cc1ccc(C)c(Cn2c3ccccc3c3ncn(Cc4ccccc4Cl)c(=O)c32)c1. The third-order valence-corrected chi connectivity index (χ3v) is 6.23. The summed E-state index contributed by atoms with van der Waals surface area (Å²) in [7, 11) is 0. The number of hydrogen-bond acceptors (Lipinski definition) is 2. The molecule has 3 aromatic carbocycles. The molecule has 4 nitrogen and oxygen atoms in total. The average Bonchev–Trinajstić information content (AvgIpc) is 3.08. The Morgan fingerprint density at radius 3 is 2.52 bits per heavy atom. The Hall–Kier alpha value is -3.37. The largest absolute Gasteiger partial charge is 0.330 e. The van der Waals surface area contributed by atoms with Gasteiger partial charge in [-0.2, -0.15) is 0 Å². The number of aromatic nitrogens is 3. The number of nitrogens with zero attached hydrogens (tertiary/aromatic N) is 3. The maximum absolute atomic E-state index is 13.6. The van der Waals surface area contributed by atoms with Gasteiger partial charge in [-0.1, -0.05) is 71.8 Å². The predicted molar refractivity (Wildman–Crippen MR) is 127 cm³/mol. The highest BCUT2D eigenvalue weighted by Crippen LogP contribution is 2.27. The summed E-state index contributed by atoms with van der Waals surface area (Å²) in [6.45, 7) is 5.19. The van der Waals surface area contributed by atoms with Gasteiger partial charge in [-0.3, -0.25) is 9.36 Å². The van der Waals surface area contributed by atoms with E-state index >= 15 is 0 Å². The minimum atomic E-state index is -0.0635. The first-order valence-corrected chi connectivity index (χ1v) is 10.7. The summed E-state index contributed by atoms with van der Waals surface area (Å²) in [6, 6.07) is 22.1. The van der Waals surface area contributed by atoms with Crippen LogP contribution in [0.25, 0.3) is 21.9 Å². The number of benzene rings is 3. The highest BCUT2D eigenvalue weighted by atomic mass is 35.5. The van der Waals surface area contributed by atoms with Gasteiger partial charge in [0, 0.05) is 17.0 Å². The lowest BCUT2D eigenvalue weighted by Gasteiger charge is -2.12. The lowest BCUT2D eigenvalue weighted by molar-refractivity contribution is 0.737. The highest BCUT2D eigenvalue weighted by molar-refractivity contribution is 6.31. The summed E-state index contributed by atoms with van der Waals surface area (Å²) in [6.07, 6.45) is 1.63. The minimum absolute atomic E-state index is 0.0635. The quantitative estimate of drug-likeness (QED) is 0.368. The van der Waals surface area contributed by atoms with Crippen molar-refractivity contribution in [3.8, 4) is 0 Å². The fraction of sp³-hybridized carbons (Fsp3) is 0.154. The van der Waals surface area contributed by atoms with Crippen molar-refractivity contribution < 1.29 is 0 Å². The summed E-state index contributed by atoms with van der Waals surface area (Å²) in [5, 5.41) is 1.63. The second-order valence-electron chi connectivity index (χ2n) is 8.00. The molecule has 2 heterocycles. The van der Waals surface area contributed by atoms with E-state index in [9.17, 15) is 4.79 Å². The van der Waals surface area contributed by atoms with E-state index in [1.807, 2.05) is 42.5 Å². The molecule has 0 aliphatic rings. The lowest BCUT2D eigenvalue weighted by atomic mass is 10.1. The van der Waals surface area contributed by atoms with E-state index in [1.165, 1.54) is 16.7 Å². The molecule has 0 saturated carbocycles. The summed E-state index contributed by atoms with van der Waals surface area (Å²) < 4.78 is 3.74. The van der Waals surface area contributed by atoms with Crippen LogP contribution in [-0.4, -0.2) is 14.1 Å². The molecule has 0 aliphatic carbocycles. The van der Waals surface area contributed by atoms with Gasteiger partial charge in [0.2, 0.25) is 0 Å². The van der Waals surface area contributed by atoms with Crippen molar-refractivity contribution in [2.24, 2.45) is 0 Å². The summed E-state index contributed by atoms with van der Waals surface area (Å²) in [4.78, 5) is 18.3. The maximum atomic E-state index is 13.6. The van der Waals surface area contributed by atoms with Gasteiger partial charge in [-0.05, 0) is 42.7 Å². The monoisotopic (exact) mass is 427 g/mol. The van der Waals surface area contributed by atoms with Gasteiger partial charge in [0.05, 0.1) is 18.4 Å². The van der Waals surface area contributed by atoms with Crippen LogP contribution < -0.4 is 5.56 Å². The molecule has 0 atom stereocenters. The van der Waals surface area contributed by atoms with Crippen molar-refractivity contribution in [2.45, 2.75) is 26.9 Å². The molecule has 5 heteroatoms. The molecular weight excluding hydrogens is 406 g/mol. The molecular formula is C26H22ClN3O. The van der Waals surface area contributed by atoms with Crippen LogP contribution in [0.15, 0.2) is 77.9 Å². The van der Waals surface area contributed by atoms with Crippen molar-refractivity contribution in [2.75, 3.05) is 0 Å². The zero-order valence-electron chi connectivity index (χ0n) is 17.5. The Morgan fingerprint density at radius 1 is 0.903 bits per heavy atom. The Balaban J connectivity index is 1.73. The molecule has 0 spiro atoms. The van der Waals surface area contributed by atoms with Crippen LogP contribution in [0.4, 0.5) is 0 Å². The van der Waals surface area contributed by atoms with Crippen LogP contribution in [0.3, 0.4) is 0 Å². The molecule has 31 heavy (non-hydrogen) atoms. The molecule has 2 aromatic heterocycles. The van der Waals surface area contributed by atoms with E-state index in [2.05, 4.69) is 42.7 Å². The van der Waals surface area contributed by atoms with Crippen molar-refractivity contribution in [1.82, 2.24) is 14.1 Å². The molecule has 0 fully saturated rings. The third kappa shape index (κ3) is 3.43. The topological polar surface area (TPSA) is 39.8 Å². The first-order valence-electron chi connectivity index (χ1n) is 10.3. The van der Waals surface area contributed by atoms with Gasteiger partial charge in [0.15, 0.2) is 0 Å². The predicted octanol–water partition coefficient (Wildman–Crippen LogP) is 5.72. The van der Waals surface area contributed by atoms with Gasteiger partial charge < -0.3 is 4.57 Å². The summed E-state index contributed by atoms with van der Waals surface area (Å²) >= 11 is 6.34. The van der Waals surface area contributed by atoms with E-state index in [1.54, 1.807) is 10.9 Å². The minimum Gasteiger partial charge on any atom is -0.330 e. The van der Waals surface area contributed by atoms with E-state index in [0.717, 1.165) is 22.0 Å². The lowest BCUT2D eigenvalue weighted by Crippen LogP contribution is -2.23. The number of hydrogen-bond donors (Lipinski definition) is 0. The average molecular weight is 428 g/mol. The Labute approximate surface area is 185 Å². The van der Waals surface area contributed by atoms with E-state index in [-0.39, 0.29) is 5.56 Å². The van der Waals surface area contributed by atoms with E-state index in [4.69, 9.17) is 16.6 Å². The molecule has 5 rings (SSSR count). The second-order valence-corrected chi connectivity index (χ2v) is 8.41. The van der Waals surface area contributed by atoms with Crippen molar-refractivity contribution in [3.05, 3.63) is 111 Å². The smallest absolute Gasteiger partial charge is 0.278 e. The molecule has 0 aliphatic heterocycles. The van der Waals surface area contributed by atoms with Gasteiger partial charge in [0.25, 0.3) is 5.56 Å². The first kappa shape index (κ1) is 19.6. The van der Waals surface area contributed by atoms with Gasteiger partial charge >= 0.3 is 0 Å². The summed E-state index contributed by atoms with van der Waals surface area (Å²) in [5.41, 5.74) is 6.81. The number of para-hydroxylation sites is 1. The molecule has 0 amide bonds. The molecule has 5 aromatic rings. The van der Waals surface area contributed by atoms with Gasteiger partial charge in [-0.15, -0.1) is 0 Å². The van der Waals surface area contributed by atoms with Gasteiger partial charge in [-0.25, -0.2) is 4.98 Å². The number of halogens is 1. The molecule has 0 radical (unpaired) electrons. The normalized spacial score (nSPS) is 11.5. The molecule has 0 unspecified atom stereocenters. The Kier molecular flexibility index (Phi) is 4.87. The summed E-state index contributed by atoms with van der Waals surface area (Å²) in [5.74, 6) is 0. The standard InChI is InChI=1S/C26H22ClN3O/c1-17-11-12-18(2)20(13-17)15-30-23-10-6-4-8-21(23)24-25(30)26(31)29(16-28-24)14-19-7-3-5-9-22(19)27/h3-13,16H,14-15H2,1-2H3. The molecule has 0 N–H and O–H groups in total. The fourth-order valence-corrected chi connectivity index (χ4v) is 4.37. The Morgan fingerprint density at radius 2 is 1.68 bits per heavy atom. The van der Waals surface area contributed by atoms with Crippen molar-refractivity contribution in [3.63, 3.8) is 0 Å². The number of fused-ring (bicyclic) bond motifs is 3. The Bertz CT molecular complexity index is 1500.